The number of halogens is 4. The summed E-state index contributed by atoms with van der Waals surface area (Å²) in [6.07, 6.45) is -0.599. The molecule has 1 aliphatic heterocycles. The molecule has 7 nitrogen and oxygen atoms in total. The number of amidine groups is 1. The number of alkyl halides is 2. The Morgan fingerprint density at radius 2 is 1.91 bits per heavy atom. The third kappa shape index (κ3) is 3.62. The van der Waals surface area contributed by atoms with E-state index in [1.807, 2.05) is 0 Å². The molecule has 170 valence electrons. The number of pyridine rings is 1. The van der Waals surface area contributed by atoms with Crippen LogP contribution in [0.2, 0.25) is 5.02 Å². The Labute approximate surface area is 186 Å². The molecule has 0 bridgehead atoms. The van der Waals surface area contributed by atoms with E-state index in [9.17, 15) is 26.4 Å². The predicted molar refractivity (Wildman–Crippen MR) is 113 cm³/mol. The van der Waals surface area contributed by atoms with Crippen molar-refractivity contribution >= 4 is 38.9 Å². The van der Waals surface area contributed by atoms with Crippen molar-refractivity contribution in [3.63, 3.8) is 0 Å². The van der Waals surface area contributed by atoms with E-state index in [0.717, 1.165) is 6.07 Å². The van der Waals surface area contributed by atoms with Gasteiger partial charge in [0.1, 0.15) is 27.6 Å². The van der Waals surface area contributed by atoms with Crippen LogP contribution in [0.15, 0.2) is 41.5 Å². The van der Waals surface area contributed by atoms with Crippen LogP contribution in [-0.2, 0) is 15.4 Å². The van der Waals surface area contributed by atoms with Crippen LogP contribution < -0.4 is 11.1 Å². The first-order chi connectivity index (χ1) is 14.8. The number of rotatable bonds is 3. The van der Waals surface area contributed by atoms with E-state index in [1.165, 1.54) is 37.4 Å². The van der Waals surface area contributed by atoms with Crippen molar-refractivity contribution in [2.24, 2.45) is 10.7 Å². The number of carbonyl (C=O) groups is 1. The summed E-state index contributed by atoms with van der Waals surface area (Å²) >= 11 is 5.75. The minimum Gasteiger partial charge on any atom is -0.386 e. The van der Waals surface area contributed by atoms with E-state index < -0.39 is 62.2 Å². The van der Waals surface area contributed by atoms with E-state index in [2.05, 4.69) is 15.3 Å². The van der Waals surface area contributed by atoms with E-state index in [4.69, 9.17) is 17.3 Å². The average Bonchev–Trinajstić information content (AvgIpc) is 2.66. The summed E-state index contributed by atoms with van der Waals surface area (Å²) in [6, 6.07) is 6.45. The maximum absolute atomic E-state index is 14.7. The Morgan fingerprint density at radius 3 is 2.47 bits per heavy atom. The number of nitrogens with two attached hydrogens (primary N) is 1. The molecular formula is C20H18ClF3N4O3S. The molecule has 2 heterocycles. The minimum absolute atomic E-state index is 0.0573. The minimum atomic E-state index is -4.17. The molecule has 0 saturated heterocycles. The molecule has 4 rings (SSSR count). The first-order valence-electron chi connectivity index (χ1n) is 9.46. The van der Waals surface area contributed by atoms with Crippen LogP contribution in [0.5, 0.6) is 0 Å². The van der Waals surface area contributed by atoms with Gasteiger partial charge in [-0.15, -0.1) is 0 Å². The Kier molecular flexibility index (Phi) is 5.05. The molecule has 1 aliphatic carbocycles. The van der Waals surface area contributed by atoms with Gasteiger partial charge in [0, 0.05) is 30.3 Å². The fourth-order valence-electron chi connectivity index (χ4n) is 4.11. The molecule has 1 amide bonds. The second-order valence-electron chi connectivity index (χ2n) is 8.24. The van der Waals surface area contributed by atoms with E-state index >= 15 is 0 Å². The largest absolute Gasteiger partial charge is 0.386 e. The highest BCUT2D eigenvalue weighted by molar-refractivity contribution is 7.93. The van der Waals surface area contributed by atoms with Crippen molar-refractivity contribution in [1.82, 2.24) is 4.98 Å². The van der Waals surface area contributed by atoms with Crippen molar-refractivity contribution in [3.8, 4) is 0 Å². The van der Waals surface area contributed by atoms with Crippen LogP contribution >= 0.6 is 11.6 Å². The van der Waals surface area contributed by atoms with Crippen LogP contribution in [0.4, 0.5) is 18.9 Å². The smallest absolute Gasteiger partial charge is 0.274 e. The number of nitrogens with zero attached hydrogens (tertiary/aromatic N) is 2. The monoisotopic (exact) mass is 486 g/mol. The van der Waals surface area contributed by atoms with Crippen LogP contribution in [-0.4, -0.2) is 41.6 Å². The van der Waals surface area contributed by atoms with Gasteiger partial charge in [-0.25, -0.2) is 26.6 Å². The third-order valence-corrected chi connectivity index (χ3v) is 8.61. The molecule has 2 aromatic rings. The molecule has 1 atom stereocenters. The van der Waals surface area contributed by atoms with Crippen molar-refractivity contribution in [3.05, 3.63) is 58.6 Å². The van der Waals surface area contributed by atoms with Crippen molar-refractivity contribution in [2.45, 2.75) is 36.0 Å². The lowest BCUT2D eigenvalue weighted by Crippen LogP contribution is -2.68. The van der Waals surface area contributed by atoms with Gasteiger partial charge in [-0.1, -0.05) is 11.6 Å². The average molecular weight is 487 g/mol. The molecule has 1 aromatic carbocycles. The van der Waals surface area contributed by atoms with E-state index in [1.54, 1.807) is 0 Å². The Hall–Kier alpha value is -2.66. The Balaban J connectivity index is 1.68. The predicted octanol–water partition coefficient (Wildman–Crippen LogP) is 3.30. The zero-order valence-corrected chi connectivity index (χ0v) is 18.3. The highest BCUT2D eigenvalue weighted by Crippen LogP contribution is 2.54. The second kappa shape index (κ2) is 7.17. The van der Waals surface area contributed by atoms with Gasteiger partial charge in [0.2, 0.25) is 0 Å². The van der Waals surface area contributed by atoms with Gasteiger partial charge >= 0.3 is 0 Å². The lowest BCUT2D eigenvalue weighted by atomic mass is 9.78. The van der Waals surface area contributed by atoms with Gasteiger partial charge in [-0.3, -0.25) is 9.79 Å². The summed E-state index contributed by atoms with van der Waals surface area (Å²) in [5, 5.41) is 2.89. The standard InChI is InChI=1S/C20H18ClF3N4O3S/c1-18(10-32(30,31)19(17(25)28-18)8-20(23,24)9-19)13-6-12(3-4-14(13)22)27-16(29)15-5-2-11(21)7-26-15/h2-7H,8-10H2,1H3,(H2,25,28)(H,27,29). The first-order valence-corrected chi connectivity index (χ1v) is 11.5. The number of aliphatic imine (C=N–C) groups is 1. The Bertz CT molecular complexity index is 1240. The van der Waals surface area contributed by atoms with Crippen molar-refractivity contribution in [1.29, 1.82) is 0 Å². The number of benzene rings is 1. The zero-order valence-electron chi connectivity index (χ0n) is 16.7. The molecule has 12 heteroatoms. The first kappa shape index (κ1) is 22.5. The number of hydrogen-bond donors (Lipinski definition) is 2. The fourth-order valence-corrected chi connectivity index (χ4v) is 6.69. The number of carbonyl (C=O) groups excluding carboxylic acids is 1. The molecular weight excluding hydrogens is 469 g/mol. The van der Waals surface area contributed by atoms with Gasteiger partial charge in [0.15, 0.2) is 9.84 Å². The highest BCUT2D eigenvalue weighted by Gasteiger charge is 2.68. The van der Waals surface area contributed by atoms with Gasteiger partial charge in [-0.05, 0) is 37.3 Å². The summed E-state index contributed by atoms with van der Waals surface area (Å²) in [7, 11) is -4.17. The van der Waals surface area contributed by atoms with E-state index in [-0.39, 0.29) is 16.9 Å². The molecule has 1 unspecified atom stereocenters. The summed E-state index contributed by atoms with van der Waals surface area (Å²) in [4.78, 5) is 20.5. The second-order valence-corrected chi connectivity index (χ2v) is 11.0. The number of aromatic nitrogens is 1. The molecule has 3 N–H and O–H groups in total. The van der Waals surface area contributed by atoms with Crippen LogP contribution in [0.25, 0.3) is 0 Å². The van der Waals surface area contributed by atoms with E-state index in [0.29, 0.717) is 5.02 Å². The van der Waals surface area contributed by atoms with Crippen LogP contribution in [0, 0.1) is 5.82 Å². The third-order valence-electron chi connectivity index (χ3n) is 5.75. The molecule has 1 spiro atoms. The van der Waals surface area contributed by atoms with Crippen molar-refractivity contribution < 1.29 is 26.4 Å². The molecule has 0 radical (unpaired) electrons. The number of hydrogen-bond acceptors (Lipinski definition) is 6. The molecule has 2 aliphatic rings. The van der Waals surface area contributed by atoms with Gasteiger partial charge < -0.3 is 11.1 Å². The summed E-state index contributed by atoms with van der Waals surface area (Å²) < 4.78 is 65.7. The zero-order chi connectivity index (χ0) is 23.5. The number of anilines is 1. The summed E-state index contributed by atoms with van der Waals surface area (Å²) in [5.41, 5.74) is 4.27. The number of nitrogens with one attached hydrogen (secondary N) is 1. The van der Waals surface area contributed by atoms with Gasteiger partial charge in [0.25, 0.3) is 11.8 Å². The fraction of sp³-hybridized carbons (Fsp3) is 0.350. The SMILES string of the molecule is CC1(c2cc(NC(=O)c3ccc(Cl)cn3)ccc2F)CS(=O)(=O)C2(CC(F)(F)C2)C(N)=N1. The lowest BCUT2D eigenvalue weighted by molar-refractivity contribution is -0.0828. The molecule has 1 saturated carbocycles. The maximum atomic E-state index is 14.7. The normalized spacial score (nSPS) is 25.0. The topological polar surface area (TPSA) is 115 Å². The lowest BCUT2D eigenvalue weighted by Gasteiger charge is -2.50. The van der Waals surface area contributed by atoms with Gasteiger partial charge in [0.05, 0.1) is 10.8 Å². The van der Waals surface area contributed by atoms with Crippen molar-refractivity contribution in [2.75, 3.05) is 11.1 Å². The summed E-state index contributed by atoms with van der Waals surface area (Å²) in [5.74, 6) is -5.69. The molecule has 1 aromatic heterocycles. The Morgan fingerprint density at radius 1 is 1.22 bits per heavy atom. The van der Waals surface area contributed by atoms with Gasteiger partial charge in [-0.2, -0.15) is 0 Å². The number of sulfone groups is 1. The highest BCUT2D eigenvalue weighted by atomic mass is 35.5. The van der Waals surface area contributed by atoms with Crippen LogP contribution in [0.1, 0.15) is 35.8 Å². The van der Waals surface area contributed by atoms with Crippen LogP contribution in [0.3, 0.4) is 0 Å². The quantitative estimate of drug-likeness (QED) is 0.691. The maximum Gasteiger partial charge on any atom is 0.274 e. The molecule has 1 fully saturated rings. The number of amides is 1. The molecule has 32 heavy (non-hydrogen) atoms. The summed E-state index contributed by atoms with van der Waals surface area (Å²) in [6.45, 7) is 1.35.